The molecule has 1 aliphatic heterocycles. The highest BCUT2D eigenvalue weighted by molar-refractivity contribution is 8.00. The Kier molecular flexibility index (Phi) is 3.57. The lowest BCUT2D eigenvalue weighted by atomic mass is 10.2. The van der Waals surface area contributed by atoms with Crippen LogP contribution in [0.2, 0.25) is 0 Å². The minimum Gasteiger partial charge on any atom is -0.337 e. The van der Waals surface area contributed by atoms with Crippen LogP contribution in [0.3, 0.4) is 0 Å². The van der Waals surface area contributed by atoms with E-state index in [-0.39, 0.29) is 5.91 Å². The fourth-order valence-corrected chi connectivity index (χ4v) is 3.01. The van der Waals surface area contributed by atoms with Crippen molar-refractivity contribution in [1.29, 1.82) is 0 Å². The lowest BCUT2D eigenvalue weighted by Gasteiger charge is -2.37. The first-order chi connectivity index (χ1) is 7.18. The number of amides is 1. The third-order valence-electron chi connectivity index (χ3n) is 3.32. The highest BCUT2D eigenvalue weighted by Gasteiger charge is 2.29. The van der Waals surface area contributed by atoms with Crippen molar-refractivity contribution in [2.45, 2.75) is 44.0 Å². The Bertz CT molecular complexity index is 243. The molecular weight excluding hydrogens is 208 g/mol. The Hall–Kier alpha value is -0.220. The highest BCUT2D eigenvalue weighted by atomic mass is 32.2. The monoisotopic (exact) mass is 228 g/mol. The normalized spacial score (nSPS) is 31.7. The van der Waals surface area contributed by atoms with E-state index >= 15 is 0 Å². The number of thioether (sulfide) groups is 1. The van der Waals surface area contributed by atoms with Gasteiger partial charge in [-0.3, -0.25) is 4.79 Å². The number of hydrogen-bond acceptors (Lipinski definition) is 3. The summed E-state index contributed by atoms with van der Waals surface area (Å²) in [5.41, 5.74) is 0. The van der Waals surface area contributed by atoms with Crippen LogP contribution in [0.5, 0.6) is 0 Å². The van der Waals surface area contributed by atoms with Gasteiger partial charge in [0, 0.05) is 29.6 Å². The zero-order valence-corrected chi connectivity index (χ0v) is 10.3. The van der Waals surface area contributed by atoms with Crippen LogP contribution in [0.4, 0.5) is 0 Å². The van der Waals surface area contributed by atoms with Crippen LogP contribution in [-0.4, -0.2) is 47.0 Å². The maximum Gasteiger partial charge on any atom is 0.236 e. The molecule has 0 aromatic heterocycles. The van der Waals surface area contributed by atoms with E-state index in [0.29, 0.717) is 23.9 Å². The minimum atomic E-state index is 0.279. The van der Waals surface area contributed by atoms with E-state index < -0.39 is 0 Å². The Morgan fingerprint density at radius 3 is 2.87 bits per heavy atom. The van der Waals surface area contributed by atoms with Crippen molar-refractivity contribution < 1.29 is 4.79 Å². The molecule has 0 bridgehead atoms. The lowest BCUT2D eigenvalue weighted by Crippen LogP contribution is -2.50. The second kappa shape index (κ2) is 4.74. The number of hydrogen-bond donors (Lipinski definition) is 1. The Morgan fingerprint density at radius 2 is 2.20 bits per heavy atom. The summed E-state index contributed by atoms with van der Waals surface area (Å²) in [6.07, 6.45) is 2.49. The standard InChI is InChI=1S/C11H20N2OS/c1-8-9(2)15-6-5-13(8)11(14)7-12-10-3-4-10/h8-10,12H,3-7H2,1-2H3. The molecule has 2 aliphatic rings. The summed E-state index contributed by atoms with van der Waals surface area (Å²) < 4.78 is 0. The summed E-state index contributed by atoms with van der Waals surface area (Å²) in [6.45, 7) is 5.82. The molecule has 1 amide bonds. The molecule has 1 saturated heterocycles. The maximum absolute atomic E-state index is 11.9. The molecule has 2 rings (SSSR count). The molecule has 0 aromatic carbocycles. The Labute approximate surface area is 96.0 Å². The SMILES string of the molecule is CC1SCCN(C(=O)CNC2CC2)C1C. The van der Waals surface area contributed by atoms with Crippen molar-refractivity contribution in [3.8, 4) is 0 Å². The van der Waals surface area contributed by atoms with Gasteiger partial charge in [0.15, 0.2) is 0 Å². The molecule has 1 N–H and O–H groups in total. The second-order valence-electron chi connectivity index (χ2n) is 4.56. The molecule has 2 unspecified atom stereocenters. The van der Waals surface area contributed by atoms with E-state index in [4.69, 9.17) is 0 Å². The lowest BCUT2D eigenvalue weighted by molar-refractivity contribution is -0.132. The first kappa shape index (κ1) is 11.3. The fourth-order valence-electron chi connectivity index (χ4n) is 1.91. The van der Waals surface area contributed by atoms with E-state index in [1.807, 2.05) is 16.7 Å². The molecule has 1 heterocycles. The topological polar surface area (TPSA) is 32.3 Å². The van der Waals surface area contributed by atoms with Crippen molar-refractivity contribution >= 4 is 17.7 Å². The molecule has 1 aliphatic carbocycles. The van der Waals surface area contributed by atoms with Crippen LogP contribution >= 0.6 is 11.8 Å². The van der Waals surface area contributed by atoms with Gasteiger partial charge in [-0.2, -0.15) is 11.8 Å². The van der Waals surface area contributed by atoms with Gasteiger partial charge in [0.1, 0.15) is 0 Å². The minimum absolute atomic E-state index is 0.279. The van der Waals surface area contributed by atoms with E-state index in [0.717, 1.165) is 12.3 Å². The van der Waals surface area contributed by atoms with E-state index in [9.17, 15) is 4.79 Å². The van der Waals surface area contributed by atoms with Crippen LogP contribution in [0, 0.1) is 0 Å². The van der Waals surface area contributed by atoms with E-state index in [2.05, 4.69) is 19.2 Å². The van der Waals surface area contributed by atoms with Gasteiger partial charge in [-0.15, -0.1) is 0 Å². The highest BCUT2D eigenvalue weighted by Crippen LogP contribution is 2.24. The first-order valence-corrected chi connectivity index (χ1v) is 6.88. The van der Waals surface area contributed by atoms with Gasteiger partial charge in [-0.05, 0) is 19.8 Å². The number of nitrogens with zero attached hydrogens (tertiary/aromatic N) is 1. The number of nitrogens with one attached hydrogen (secondary N) is 1. The molecule has 0 radical (unpaired) electrons. The van der Waals surface area contributed by atoms with Crippen molar-refractivity contribution in [2.75, 3.05) is 18.8 Å². The molecule has 2 fully saturated rings. The van der Waals surface area contributed by atoms with Gasteiger partial charge < -0.3 is 10.2 Å². The average molecular weight is 228 g/mol. The smallest absolute Gasteiger partial charge is 0.236 e. The third-order valence-corrected chi connectivity index (χ3v) is 4.66. The third kappa shape index (κ3) is 2.88. The number of carbonyl (C=O) groups excluding carboxylic acids is 1. The summed E-state index contributed by atoms with van der Waals surface area (Å²) in [4.78, 5) is 14.0. The van der Waals surface area contributed by atoms with Crippen molar-refractivity contribution in [3.05, 3.63) is 0 Å². The Morgan fingerprint density at radius 1 is 1.47 bits per heavy atom. The summed E-state index contributed by atoms with van der Waals surface area (Å²) in [6, 6.07) is 1.01. The predicted molar refractivity (Wildman–Crippen MR) is 64.1 cm³/mol. The summed E-state index contributed by atoms with van der Waals surface area (Å²) in [5.74, 6) is 1.36. The predicted octanol–water partition coefficient (Wildman–Crippen LogP) is 1.09. The average Bonchev–Trinajstić information content (AvgIpc) is 3.02. The van der Waals surface area contributed by atoms with E-state index in [1.165, 1.54) is 12.8 Å². The molecule has 0 spiro atoms. The fraction of sp³-hybridized carbons (Fsp3) is 0.909. The quantitative estimate of drug-likeness (QED) is 0.785. The van der Waals surface area contributed by atoms with Crippen LogP contribution in [0.1, 0.15) is 26.7 Å². The van der Waals surface area contributed by atoms with Crippen LogP contribution in [0.15, 0.2) is 0 Å². The molecule has 86 valence electrons. The molecule has 3 nitrogen and oxygen atoms in total. The van der Waals surface area contributed by atoms with Gasteiger partial charge in [-0.25, -0.2) is 0 Å². The van der Waals surface area contributed by atoms with Crippen molar-refractivity contribution in [3.63, 3.8) is 0 Å². The van der Waals surface area contributed by atoms with E-state index in [1.54, 1.807) is 0 Å². The van der Waals surface area contributed by atoms with Gasteiger partial charge in [0.2, 0.25) is 5.91 Å². The molecule has 15 heavy (non-hydrogen) atoms. The van der Waals surface area contributed by atoms with Crippen molar-refractivity contribution in [2.24, 2.45) is 0 Å². The summed E-state index contributed by atoms with van der Waals surface area (Å²) in [7, 11) is 0. The summed E-state index contributed by atoms with van der Waals surface area (Å²) in [5, 5.41) is 3.86. The zero-order chi connectivity index (χ0) is 10.8. The largest absolute Gasteiger partial charge is 0.337 e. The summed E-state index contributed by atoms with van der Waals surface area (Å²) >= 11 is 1.97. The number of carbonyl (C=O) groups is 1. The molecule has 4 heteroatoms. The molecule has 2 atom stereocenters. The van der Waals surface area contributed by atoms with Gasteiger partial charge >= 0.3 is 0 Å². The van der Waals surface area contributed by atoms with Crippen molar-refractivity contribution in [1.82, 2.24) is 10.2 Å². The first-order valence-electron chi connectivity index (χ1n) is 5.83. The molecule has 1 saturated carbocycles. The van der Waals surface area contributed by atoms with Crippen LogP contribution in [0.25, 0.3) is 0 Å². The Balaban J connectivity index is 1.81. The molecule has 0 aromatic rings. The van der Waals surface area contributed by atoms with Gasteiger partial charge in [0.05, 0.1) is 6.54 Å². The second-order valence-corrected chi connectivity index (χ2v) is 6.04. The van der Waals surface area contributed by atoms with Crippen LogP contribution in [-0.2, 0) is 4.79 Å². The van der Waals surface area contributed by atoms with Crippen LogP contribution < -0.4 is 5.32 Å². The number of rotatable bonds is 3. The van der Waals surface area contributed by atoms with Gasteiger partial charge in [-0.1, -0.05) is 6.92 Å². The maximum atomic E-state index is 11.9. The zero-order valence-electron chi connectivity index (χ0n) is 9.53. The van der Waals surface area contributed by atoms with Gasteiger partial charge in [0.25, 0.3) is 0 Å². The molecular formula is C11H20N2OS.